The maximum atomic E-state index is 13.2. The highest BCUT2D eigenvalue weighted by Crippen LogP contribution is 2.06. The number of hydrogen-bond donors (Lipinski definition) is 0. The third-order valence-electron chi connectivity index (χ3n) is 2.41. The fourth-order valence-corrected chi connectivity index (χ4v) is 1.50. The van der Waals surface area contributed by atoms with Crippen LogP contribution >= 0.6 is 0 Å². The second-order valence-corrected chi connectivity index (χ2v) is 3.78. The molecule has 0 radical (unpaired) electrons. The molecule has 1 heterocycles. The summed E-state index contributed by atoms with van der Waals surface area (Å²) in [4.78, 5) is 15.0. The van der Waals surface area contributed by atoms with Crippen LogP contribution in [-0.2, 0) is 22.6 Å². The van der Waals surface area contributed by atoms with Crippen LogP contribution < -0.4 is 0 Å². The van der Waals surface area contributed by atoms with Crippen LogP contribution in [0.5, 0.6) is 0 Å². The Kier molecular flexibility index (Phi) is 4.02. The van der Waals surface area contributed by atoms with Gasteiger partial charge in [-0.15, -0.1) is 0 Å². The van der Waals surface area contributed by atoms with Crippen LogP contribution in [-0.4, -0.2) is 11.0 Å². The van der Waals surface area contributed by atoms with E-state index in [1.807, 2.05) is 30.3 Å². The molecule has 1 aromatic carbocycles. The molecule has 0 fully saturated rings. The molecular weight excluding hydrogens is 233 g/mol. The van der Waals surface area contributed by atoms with Gasteiger partial charge in [0.05, 0.1) is 6.42 Å². The Morgan fingerprint density at radius 3 is 2.67 bits per heavy atom. The van der Waals surface area contributed by atoms with Gasteiger partial charge in [-0.2, -0.15) is 4.39 Å². The van der Waals surface area contributed by atoms with Gasteiger partial charge in [0, 0.05) is 11.8 Å². The highest BCUT2D eigenvalue weighted by atomic mass is 19.1. The van der Waals surface area contributed by atoms with Gasteiger partial charge in [0.15, 0.2) is 0 Å². The Morgan fingerprint density at radius 1 is 1.17 bits per heavy atom. The van der Waals surface area contributed by atoms with E-state index < -0.39 is 11.9 Å². The fourth-order valence-electron chi connectivity index (χ4n) is 1.50. The predicted octanol–water partition coefficient (Wildman–Crippen LogP) is 2.51. The summed E-state index contributed by atoms with van der Waals surface area (Å²) >= 11 is 0. The summed E-state index contributed by atoms with van der Waals surface area (Å²) in [5, 5.41) is 0. The smallest absolute Gasteiger partial charge is 0.310 e. The van der Waals surface area contributed by atoms with Crippen molar-refractivity contribution in [3.8, 4) is 0 Å². The van der Waals surface area contributed by atoms with Crippen LogP contribution in [0.25, 0.3) is 0 Å². The molecule has 2 aromatic rings. The van der Waals surface area contributed by atoms with Gasteiger partial charge in [0.1, 0.15) is 6.61 Å². The maximum Gasteiger partial charge on any atom is 0.310 e. The molecule has 0 unspecified atom stereocenters. The highest BCUT2D eigenvalue weighted by molar-refractivity contribution is 5.72. The molecule has 4 heteroatoms. The molecule has 0 atom stereocenters. The number of aromatic nitrogens is 1. The minimum absolute atomic E-state index is 0.105. The molecule has 0 amide bonds. The Hall–Kier alpha value is -2.23. The van der Waals surface area contributed by atoms with Crippen molar-refractivity contribution in [2.75, 3.05) is 0 Å². The first kappa shape index (κ1) is 12.2. The molecule has 2 rings (SSSR count). The highest BCUT2D eigenvalue weighted by Gasteiger charge is 2.09. The summed E-state index contributed by atoms with van der Waals surface area (Å²) in [5.41, 5.74) is 1.15. The molecule has 0 aliphatic rings. The Morgan fingerprint density at radius 2 is 1.94 bits per heavy atom. The van der Waals surface area contributed by atoms with Gasteiger partial charge in [-0.1, -0.05) is 36.4 Å². The summed E-state index contributed by atoms with van der Waals surface area (Å²) in [6.45, 7) is 0.196. The molecule has 0 saturated carbocycles. The zero-order valence-electron chi connectivity index (χ0n) is 9.67. The van der Waals surface area contributed by atoms with Crippen molar-refractivity contribution in [3.05, 3.63) is 65.7 Å². The number of halogens is 1. The molecule has 18 heavy (non-hydrogen) atoms. The monoisotopic (exact) mass is 245 g/mol. The summed E-state index contributed by atoms with van der Waals surface area (Å²) in [6, 6.07) is 12.4. The lowest BCUT2D eigenvalue weighted by Gasteiger charge is -2.05. The van der Waals surface area contributed by atoms with Gasteiger partial charge in [0.25, 0.3) is 0 Å². The van der Waals surface area contributed by atoms with E-state index in [1.165, 1.54) is 12.3 Å². The molecule has 0 N–H and O–H groups in total. The van der Waals surface area contributed by atoms with E-state index in [4.69, 9.17) is 4.74 Å². The Labute approximate surface area is 104 Å². The van der Waals surface area contributed by atoms with Gasteiger partial charge in [0.2, 0.25) is 5.95 Å². The van der Waals surface area contributed by atoms with Crippen LogP contribution in [0.2, 0.25) is 0 Å². The molecule has 0 aliphatic heterocycles. The van der Waals surface area contributed by atoms with Crippen molar-refractivity contribution in [3.63, 3.8) is 0 Å². The Balaban J connectivity index is 1.88. The van der Waals surface area contributed by atoms with Gasteiger partial charge >= 0.3 is 5.97 Å². The van der Waals surface area contributed by atoms with E-state index in [2.05, 4.69) is 4.98 Å². The van der Waals surface area contributed by atoms with E-state index in [1.54, 1.807) is 6.07 Å². The van der Waals surface area contributed by atoms with Crippen LogP contribution in [0.1, 0.15) is 11.1 Å². The largest absolute Gasteiger partial charge is 0.461 e. The summed E-state index contributed by atoms with van der Waals surface area (Å²) in [5.74, 6) is -1.10. The van der Waals surface area contributed by atoms with E-state index in [0.29, 0.717) is 0 Å². The van der Waals surface area contributed by atoms with Gasteiger partial charge in [-0.3, -0.25) is 4.79 Å². The van der Waals surface area contributed by atoms with Gasteiger partial charge in [-0.05, 0) is 11.6 Å². The van der Waals surface area contributed by atoms with Crippen molar-refractivity contribution in [1.82, 2.24) is 4.98 Å². The minimum atomic E-state index is -0.630. The third kappa shape index (κ3) is 3.38. The number of pyridine rings is 1. The summed E-state index contributed by atoms with van der Waals surface area (Å²) in [7, 11) is 0. The lowest BCUT2D eigenvalue weighted by atomic mass is 10.2. The molecule has 0 bridgehead atoms. The number of esters is 1. The number of rotatable bonds is 4. The first-order chi connectivity index (χ1) is 8.75. The average Bonchev–Trinajstić information content (AvgIpc) is 2.40. The van der Waals surface area contributed by atoms with E-state index in [0.717, 1.165) is 5.56 Å². The number of hydrogen-bond acceptors (Lipinski definition) is 3. The second-order valence-electron chi connectivity index (χ2n) is 3.78. The summed E-state index contributed by atoms with van der Waals surface area (Å²) < 4.78 is 18.2. The van der Waals surface area contributed by atoms with E-state index in [9.17, 15) is 9.18 Å². The molecule has 92 valence electrons. The zero-order chi connectivity index (χ0) is 12.8. The van der Waals surface area contributed by atoms with E-state index in [-0.39, 0.29) is 18.6 Å². The lowest BCUT2D eigenvalue weighted by molar-refractivity contribution is -0.144. The zero-order valence-corrected chi connectivity index (χ0v) is 9.67. The van der Waals surface area contributed by atoms with Crippen molar-refractivity contribution in [1.29, 1.82) is 0 Å². The van der Waals surface area contributed by atoms with Crippen molar-refractivity contribution in [2.24, 2.45) is 0 Å². The second kappa shape index (κ2) is 5.91. The fraction of sp³-hybridized carbons (Fsp3) is 0.143. The number of carbonyl (C=O) groups is 1. The lowest BCUT2D eigenvalue weighted by Crippen LogP contribution is -2.09. The quantitative estimate of drug-likeness (QED) is 0.613. The van der Waals surface area contributed by atoms with E-state index >= 15 is 0 Å². The SMILES string of the molecule is O=C(Cc1cccnc1F)OCc1ccccc1. The molecular formula is C14H12FNO2. The van der Waals surface area contributed by atoms with Crippen LogP contribution in [0, 0.1) is 5.95 Å². The maximum absolute atomic E-state index is 13.2. The van der Waals surface area contributed by atoms with Crippen molar-refractivity contribution >= 4 is 5.97 Å². The number of nitrogens with zero attached hydrogens (tertiary/aromatic N) is 1. The van der Waals surface area contributed by atoms with Crippen LogP contribution in [0.3, 0.4) is 0 Å². The molecule has 0 saturated heterocycles. The number of benzene rings is 1. The normalized spacial score (nSPS) is 10.1. The summed E-state index contributed by atoms with van der Waals surface area (Å²) in [6.07, 6.45) is 1.24. The topological polar surface area (TPSA) is 39.2 Å². The minimum Gasteiger partial charge on any atom is -0.461 e. The molecule has 0 aliphatic carbocycles. The number of ether oxygens (including phenoxy) is 1. The molecule has 3 nitrogen and oxygen atoms in total. The predicted molar refractivity (Wildman–Crippen MR) is 64.1 cm³/mol. The number of carbonyl (C=O) groups excluding carboxylic acids is 1. The van der Waals surface area contributed by atoms with Crippen LogP contribution in [0.15, 0.2) is 48.7 Å². The van der Waals surface area contributed by atoms with Crippen LogP contribution in [0.4, 0.5) is 4.39 Å². The van der Waals surface area contributed by atoms with Crippen molar-refractivity contribution in [2.45, 2.75) is 13.0 Å². The third-order valence-corrected chi connectivity index (χ3v) is 2.41. The van der Waals surface area contributed by atoms with Crippen molar-refractivity contribution < 1.29 is 13.9 Å². The first-order valence-electron chi connectivity index (χ1n) is 5.54. The Bertz CT molecular complexity index is 528. The standard InChI is InChI=1S/C14H12FNO2/c15-14-12(7-4-8-16-14)9-13(17)18-10-11-5-2-1-3-6-11/h1-8H,9-10H2. The van der Waals surface area contributed by atoms with Gasteiger partial charge in [-0.25, -0.2) is 4.98 Å². The molecule has 0 spiro atoms. The molecule has 1 aromatic heterocycles. The first-order valence-corrected chi connectivity index (χ1v) is 5.54. The average molecular weight is 245 g/mol. The van der Waals surface area contributed by atoms with Gasteiger partial charge < -0.3 is 4.74 Å².